The number of pyridine rings is 1. The van der Waals surface area contributed by atoms with Gasteiger partial charge in [0.15, 0.2) is 0 Å². The predicted molar refractivity (Wildman–Crippen MR) is 105 cm³/mol. The summed E-state index contributed by atoms with van der Waals surface area (Å²) in [7, 11) is 1.49. The number of carbonyl (C=O) groups is 2. The SMILES string of the molecule is COc1cc(Cl)c(C)cc1NC(=O)c1cc(C(=O)NCc2ccco2)ccn1. The topological polar surface area (TPSA) is 93.5 Å². The van der Waals surface area contributed by atoms with Gasteiger partial charge in [0.25, 0.3) is 11.8 Å². The Morgan fingerprint density at radius 2 is 2.04 bits per heavy atom. The van der Waals surface area contributed by atoms with Crippen LogP contribution in [0.3, 0.4) is 0 Å². The minimum atomic E-state index is -0.472. The van der Waals surface area contributed by atoms with E-state index in [9.17, 15) is 9.59 Å². The van der Waals surface area contributed by atoms with Crippen molar-refractivity contribution in [3.63, 3.8) is 0 Å². The third-order valence-corrected chi connectivity index (χ3v) is 4.39. The van der Waals surface area contributed by atoms with Crippen molar-refractivity contribution in [1.82, 2.24) is 10.3 Å². The average Bonchev–Trinajstić information content (AvgIpc) is 3.22. The number of methoxy groups -OCH3 is 1. The molecule has 0 spiro atoms. The number of nitrogens with zero attached hydrogens (tertiary/aromatic N) is 1. The first-order valence-corrected chi connectivity index (χ1v) is 8.78. The molecule has 0 aliphatic carbocycles. The van der Waals surface area contributed by atoms with E-state index >= 15 is 0 Å². The number of benzene rings is 1. The lowest BCUT2D eigenvalue weighted by Gasteiger charge is -2.12. The van der Waals surface area contributed by atoms with Gasteiger partial charge in [-0.3, -0.25) is 14.6 Å². The lowest BCUT2D eigenvalue weighted by Crippen LogP contribution is -2.23. The van der Waals surface area contributed by atoms with E-state index in [-0.39, 0.29) is 18.1 Å². The molecule has 2 aromatic heterocycles. The maximum Gasteiger partial charge on any atom is 0.274 e. The second-order valence-electron chi connectivity index (χ2n) is 5.95. The van der Waals surface area contributed by atoms with Gasteiger partial charge in [0.05, 0.1) is 25.6 Å². The van der Waals surface area contributed by atoms with Crippen LogP contribution in [0, 0.1) is 6.92 Å². The molecular weight excluding hydrogens is 382 g/mol. The van der Waals surface area contributed by atoms with Gasteiger partial charge in [-0.2, -0.15) is 0 Å². The van der Waals surface area contributed by atoms with Crippen LogP contribution in [-0.2, 0) is 6.54 Å². The number of aromatic nitrogens is 1. The minimum absolute atomic E-state index is 0.0975. The van der Waals surface area contributed by atoms with E-state index in [0.29, 0.717) is 27.8 Å². The molecule has 2 amide bonds. The lowest BCUT2D eigenvalue weighted by molar-refractivity contribution is 0.0948. The highest BCUT2D eigenvalue weighted by Crippen LogP contribution is 2.31. The van der Waals surface area contributed by atoms with Crippen molar-refractivity contribution in [1.29, 1.82) is 0 Å². The third kappa shape index (κ3) is 4.50. The number of anilines is 1. The highest BCUT2D eigenvalue weighted by Gasteiger charge is 2.15. The molecule has 8 heteroatoms. The third-order valence-electron chi connectivity index (χ3n) is 3.99. The summed E-state index contributed by atoms with van der Waals surface area (Å²) in [6.45, 7) is 2.07. The second-order valence-corrected chi connectivity index (χ2v) is 6.35. The quantitative estimate of drug-likeness (QED) is 0.657. The smallest absolute Gasteiger partial charge is 0.274 e. The molecule has 0 radical (unpaired) electrons. The van der Waals surface area contributed by atoms with E-state index in [1.54, 1.807) is 24.3 Å². The number of amides is 2. The number of ether oxygens (including phenoxy) is 1. The van der Waals surface area contributed by atoms with Crippen LogP contribution in [0.5, 0.6) is 5.75 Å². The molecule has 0 unspecified atom stereocenters. The summed E-state index contributed by atoms with van der Waals surface area (Å²) >= 11 is 6.08. The van der Waals surface area contributed by atoms with Gasteiger partial charge >= 0.3 is 0 Å². The molecular formula is C20H18ClN3O4. The summed E-state index contributed by atoms with van der Waals surface area (Å²) in [6, 6.07) is 9.77. The van der Waals surface area contributed by atoms with E-state index in [2.05, 4.69) is 15.6 Å². The number of furan rings is 1. The zero-order chi connectivity index (χ0) is 20.1. The molecule has 0 bridgehead atoms. The van der Waals surface area contributed by atoms with Crippen LogP contribution < -0.4 is 15.4 Å². The van der Waals surface area contributed by atoms with Gasteiger partial charge in [-0.15, -0.1) is 0 Å². The Balaban J connectivity index is 1.73. The predicted octanol–water partition coefficient (Wildman–Crippen LogP) is 3.83. The summed E-state index contributed by atoms with van der Waals surface area (Å²) in [6.07, 6.45) is 2.93. The Bertz CT molecular complexity index is 1000. The zero-order valence-electron chi connectivity index (χ0n) is 15.3. The standard InChI is InChI=1S/C20H18ClN3O4/c1-12-8-16(18(27-2)10-15(12)21)24-20(26)17-9-13(5-6-22-17)19(25)23-11-14-4-3-7-28-14/h3-10H,11H2,1-2H3,(H,23,25)(H,24,26). The monoisotopic (exact) mass is 399 g/mol. The number of rotatable bonds is 6. The van der Waals surface area contributed by atoms with Crippen molar-refractivity contribution >= 4 is 29.1 Å². The second kappa shape index (κ2) is 8.58. The number of hydrogen-bond acceptors (Lipinski definition) is 5. The Labute approximate surface area is 166 Å². The van der Waals surface area contributed by atoms with E-state index in [0.717, 1.165) is 5.56 Å². The van der Waals surface area contributed by atoms with Crippen LogP contribution >= 0.6 is 11.6 Å². The normalized spacial score (nSPS) is 10.4. The Morgan fingerprint density at radius 1 is 1.21 bits per heavy atom. The van der Waals surface area contributed by atoms with Crippen molar-refractivity contribution in [2.24, 2.45) is 0 Å². The number of nitrogens with one attached hydrogen (secondary N) is 2. The molecule has 0 saturated heterocycles. The fourth-order valence-electron chi connectivity index (χ4n) is 2.49. The maximum absolute atomic E-state index is 12.6. The Kier molecular flexibility index (Phi) is 5.96. The van der Waals surface area contributed by atoms with Crippen molar-refractivity contribution in [3.8, 4) is 5.75 Å². The largest absolute Gasteiger partial charge is 0.495 e. The van der Waals surface area contributed by atoms with Crippen molar-refractivity contribution in [3.05, 3.63) is 76.5 Å². The molecule has 0 aliphatic heterocycles. The van der Waals surface area contributed by atoms with Crippen molar-refractivity contribution in [2.45, 2.75) is 13.5 Å². The van der Waals surface area contributed by atoms with Crippen LogP contribution in [0.25, 0.3) is 0 Å². The zero-order valence-corrected chi connectivity index (χ0v) is 16.0. The lowest BCUT2D eigenvalue weighted by atomic mass is 10.2. The van der Waals surface area contributed by atoms with E-state index in [1.807, 2.05) is 6.92 Å². The van der Waals surface area contributed by atoms with Gasteiger partial charge in [-0.05, 0) is 42.8 Å². The first kappa shape index (κ1) is 19.4. The van der Waals surface area contributed by atoms with E-state index < -0.39 is 5.91 Å². The van der Waals surface area contributed by atoms with Crippen LogP contribution in [0.15, 0.2) is 53.3 Å². The summed E-state index contributed by atoms with van der Waals surface area (Å²) in [5, 5.41) is 5.99. The van der Waals surface area contributed by atoms with Gasteiger partial charge in [0.1, 0.15) is 17.2 Å². The van der Waals surface area contributed by atoms with E-state index in [1.165, 1.54) is 31.7 Å². The first-order valence-electron chi connectivity index (χ1n) is 8.40. The molecule has 1 aromatic carbocycles. The molecule has 3 rings (SSSR count). The number of aryl methyl sites for hydroxylation is 1. The Morgan fingerprint density at radius 3 is 2.75 bits per heavy atom. The van der Waals surface area contributed by atoms with Crippen LogP contribution in [0.1, 0.15) is 32.2 Å². The minimum Gasteiger partial charge on any atom is -0.495 e. The molecule has 2 heterocycles. The molecule has 7 nitrogen and oxygen atoms in total. The average molecular weight is 400 g/mol. The summed E-state index contributed by atoms with van der Waals surface area (Å²) in [5.74, 6) is 0.246. The molecule has 3 aromatic rings. The molecule has 144 valence electrons. The highest BCUT2D eigenvalue weighted by atomic mass is 35.5. The van der Waals surface area contributed by atoms with Crippen LogP contribution in [0.2, 0.25) is 5.02 Å². The van der Waals surface area contributed by atoms with E-state index in [4.69, 9.17) is 20.8 Å². The molecule has 28 heavy (non-hydrogen) atoms. The van der Waals surface area contributed by atoms with Crippen LogP contribution in [0.4, 0.5) is 5.69 Å². The van der Waals surface area contributed by atoms with Crippen molar-refractivity contribution < 1.29 is 18.7 Å². The fourth-order valence-corrected chi connectivity index (χ4v) is 2.65. The molecule has 0 atom stereocenters. The molecule has 0 fully saturated rings. The van der Waals surface area contributed by atoms with Crippen LogP contribution in [-0.4, -0.2) is 23.9 Å². The fraction of sp³-hybridized carbons (Fsp3) is 0.150. The van der Waals surface area contributed by atoms with Gasteiger partial charge in [0, 0.05) is 22.8 Å². The Hall–Kier alpha value is -3.32. The first-order chi connectivity index (χ1) is 13.5. The molecule has 2 N–H and O–H groups in total. The summed E-state index contributed by atoms with van der Waals surface area (Å²) in [5.41, 5.74) is 1.66. The van der Waals surface area contributed by atoms with Gasteiger partial charge in [-0.25, -0.2) is 0 Å². The number of hydrogen-bond donors (Lipinski definition) is 2. The number of halogens is 1. The molecule has 0 saturated carbocycles. The molecule has 0 aliphatic rings. The summed E-state index contributed by atoms with van der Waals surface area (Å²) in [4.78, 5) is 28.9. The van der Waals surface area contributed by atoms with Gasteiger partial charge < -0.3 is 19.8 Å². The summed E-state index contributed by atoms with van der Waals surface area (Å²) < 4.78 is 10.4. The van der Waals surface area contributed by atoms with Crippen molar-refractivity contribution in [2.75, 3.05) is 12.4 Å². The highest BCUT2D eigenvalue weighted by molar-refractivity contribution is 6.31. The van der Waals surface area contributed by atoms with Gasteiger partial charge in [-0.1, -0.05) is 11.6 Å². The van der Waals surface area contributed by atoms with Gasteiger partial charge in [0.2, 0.25) is 0 Å². The maximum atomic E-state index is 12.6. The number of carbonyl (C=O) groups excluding carboxylic acids is 2.